The normalized spacial score (nSPS) is 11.5. The minimum Gasteiger partial charge on any atom is -0.347 e. The molecule has 0 unspecified atom stereocenters. The van der Waals surface area contributed by atoms with Crippen molar-refractivity contribution in [1.29, 1.82) is 0 Å². The number of rotatable bonds is 2. The molecule has 80 valence electrons. The minimum absolute atomic E-state index is 0.186. The van der Waals surface area contributed by atoms with Gasteiger partial charge in [-0.2, -0.15) is 0 Å². The highest BCUT2D eigenvalue weighted by atomic mass is 35.5. The molecule has 0 amide bonds. The lowest BCUT2D eigenvalue weighted by molar-refractivity contribution is 0.535. The van der Waals surface area contributed by atoms with Gasteiger partial charge in [0.2, 0.25) is 0 Å². The molecule has 2 rings (SSSR count). The Hall–Kier alpha value is -1.02. The second-order valence-electron chi connectivity index (χ2n) is 4.19. The van der Waals surface area contributed by atoms with Crippen molar-refractivity contribution in [3.8, 4) is 0 Å². The van der Waals surface area contributed by atoms with Crippen LogP contribution in [-0.4, -0.2) is 4.57 Å². The van der Waals surface area contributed by atoms with Crippen LogP contribution >= 0.6 is 11.6 Å². The van der Waals surface area contributed by atoms with E-state index in [4.69, 9.17) is 11.6 Å². The van der Waals surface area contributed by atoms with Gasteiger partial charge in [0.1, 0.15) is 5.82 Å². The van der Waals surface area contributed by atoms with Crippen molar-refractivity contribution in [1.82, 2.24) is 4.57 Å². The van der Waals surface area contributed by atoms with Crippen molar-refractivity contribution < 1.29 is 4.39 Å². The summed E-state index contributed by atoms with van der Waals surface area (Å²) in [4.78, 5) is 0. The average molecular weight is 226 g/mol. The molecule has 0 fully saturated rings. The zero-order valence-corrected chi connectivity index (χ0v) is 9.55. The number of fused-ring (bicyclic) bond motifs is 1. The van der Waals surface area contributed by atoms with E-state index in [2.05, 4.69) is 18.4 Å². The topological polar surface area (TPSA) is 4.93 Å². The van der Waals surface area contributed by atoms with Crippen LogP contribution in [0.4, 0.5) is 4.39 Å². The van der Waals surface area contributed by atoms with Crippen molar-refractivity contribution in [2.45, 2.75) is 20.4 Å². The van der Waals surface area contributed by atoms with Crippen molar-refractivity contribution in [3.63, 3.8) is 0 Å². The maximum absolute atomic E-state index is 13.2. The predicted molar refractivity (Wildman–Crippen MR) is 61.7 cm³/mol. The van der Waals surface area contributed by atoms with Gasteiger partial charge in [0, 0.05) is 23.6 Å². The molecular formula is C12H13ClFN. The lowest BCUT2D eigenvalue weighted by atomic mass is 10.2. The van der Waals surface area contributed by atoms with Crippen LogP contribution in [0, 0.1) is 11.7 Å². The molecule has 0 aliphatic heterocycles. The number of nitrogens with zero attached hydrogens (tertiary/aromatic N) is 1. The predicted octanol–water partition coefficient (Wildman–Crippen LogP) is 4.09. The van der Waals surface area contributed by atoms with Crippen LogP contribution in [0.25, 0.3) is 10.9 Å². The monoisotopic (exact) mass is 225 g/mol. The molecule has 1 aromatic carbocycles. The standard InChI is InChI=1S/C12H13ClFN/c1-8(2)7-15-4-3-9-5-11(14)10(13)6-12(9)15/h3-6,8H,7H2,1-2H3. The van der Waals surface area contributed by atoms with Crippen LogP contribution in [0.1, 0.15) is 13.8 Å². The highest BCUT2D eigenvalue weighted by Crippen LogP contribution is 2.24. The molecular weight excluding hydrogens is 213 g/mol. The second kappa shape index (κ2) is 3.86. The third-order valence-electron chi connectivity index (χ3n) is 2.37. The van der Waals surface area contributed by atoms with Crippen LogP contribution in [0.2, 0.25) is 5.02 Å². The Balaban J connectivity index is 2.54. The van der Waals surface area contributed by atoms with Gasteiger partial charge in [0.05, 0.1) is 5.02 Å². The molecule has 0 bridgehead atoms. The van der Waals surface area contributed by atoms with Gasteiger partial charge in [0.15, 0.2) is 0 Å². The van der Waals surface area contributed by atoms with E-state index in [9.17, 15) is 4.39 Å². The van der Waals surface area contributed by atoms with Crippen LogP contribution in [0.3, 0.4) is 0 Å². The number of hydrogen-bond acceptors (Lipinski definition) is 0. The van der Waals surface area contributed by atoms with Gasteiger partial charge in [-0.3, -0.25) is 0 Å². The molecule has 3 heteroatoms. The average Bonchev–Trinajstić information content (AvgIpc) is 2.49. The van der Waals surface area contributed by atoms with Gasteiger partial charge in [-0.15, -0.1) is 0 Å². The van der Waals surface area contributed by atoms with Crippen molar-refractivity contribution in [3.05, 3.63) is 35.2 Å². The van der Waals surface area contributed by atoms with Gasteiger partial charge in [-0.1, -0.05) is 25.4 Å². The fraction of sp³-hybridized carbons (Fsp3) is 0.333. The van der Waals surface area contributed by atoms with Crippen LogP contribution in [0.5, 0.6) is 0 Å². The Morgan fingerprint density at radius 1 is 1.40 bits per heavy atom. The molecule has 0 aliphatic carbocycles. The molecule has 1 aromatic heterocycles. The first kappa shape index (κ1) is 10.5. The smallest absolute Gasteiger partial charge is 0.142 e. The Kier molecular flexibility index (Phi) is 2.70. The van der Waals surface area contributed by atoms with Gasteiger partial charge >= 0.3 is 0 Å². The summed E-state index contributed by atoms with van der Waals surface area (Å²) in [6.45, 7) is 5.22. The van der Waals surface area contributed by atoms with Gasteiger partial charge in [-0.05, 0) is 24.1 Å². The fourth-order valence-corrected chi connectivity index (χ4v) is 1.90. The third-order valence-corrected chi connectivity index (χ3v) is 2.66. The summed E-state index contributed by atoms with van der Waals surface area (Å²) in [5.41, 5.74) is 0.995. The molecule has 0 atom stereocenters. The number of hydrogen-bond donors (Lipinski definition) is 0. The third kappa shape index (κ3) is 2.00. The highest BCUT2D eigenvalue weighted by Gasteiger charge is 2.07. The van der Waals surface area contributed by atoms with Gasteiger partial charge in [0.25, 0.3) is 0 Å². The van der Waals surface area contributed by atoms with E-state index in [1.807, 2.05) is 12.3 Å². The maximum atomic E-state index is 13.2. The van der Waals surface area contributed by atoms with Crippen molar-refractivity contribution in [2.75, 3.05) is 0 Å². The van der Waals surface area contributed by atoms with E-state index in [1.54, 1.807) is 6.07 Å². The fourth-order valence-electron chi connectivity index (χ4n) is 1.74. The summed E-state index contributed by atoms with van der Waals surface area (Å²) in [6, 6.07) is 5.08. The number of halogens is 2. The molecule has 0 radical (unpaired) electrons. The first-order valence-corrected chi connectivity index (χ1v) is 5.39. The SMILES string of the molecule is CC(C)Cn1ccc2cc(F)c(Cl)cc21. The van der Waals surface area contributed by atoms with E-state index < -0.39 is 0 Å². The number of aromatic nitrogens is 1. The highest BCUT2D eigenvalue weighted by molar-refractivity contribution is 6.31. The molecule has 0 aliphatic rings. The molecule has 0 N–H and O–H groups in total. The Morgan fingerprint density at radius 2 is 2.13 bits per heavy atom. The first-order chi connectivity index (χ1) is 7.08. The molecule has 0 spiro atoms. The van der Waals surface area contributed by atoms with Crippen LogP contribution in [-0.2, 0) is 6.54 Å². The summed E-state index contributed by atoms with van der Waals surface area (Å²) >= 11 is 5.76. The Morgan fingerprint density at radius 3 is 2.80 bits per heavy atom. The van der Waals surface area contributed by atoms with E-state index in [-0.39, 0.29) is 10.8 Å². The second-order valence-corrected chi connectivity index (χ2v) is 4.59. The minimum atomic E-state index is -0.355. The summed E-state index contributed by atoms with van der Waals surface area (Å²) in [5, 5.41) is 1.09. The van der Waals surface area contributed by atoms with E-state index in [0.29, 0.717) is 5.92 Å². The van der Waals surface area contributed by atoms with E-state index in [1.165, 1.54) is 6.07 Å². The maximum Gasteiger partial charge on any atom is 0.142 e. The first-order valence-electron chi connectivity index (χ1n) is 5.02. The quantitative estimate of drug-likeness (QED) is 0.726. The molecule has 0 saturated carbocycles. The Bertz CT molecular complexity index is 488. The largest absolute Gasteiger partial charge is 0.347 e. The lowest BCUT2D eigenvalue weighted by Gasteiger charge is -2.08. The summed E-state index contributed by atoms with van der Waals surface area (Å²) in [7, 11) is 0. The molecule has 1 nitrogen and oxygen atoms in total. The summed E-state index contributed by atoms with van der Waals surface area (Å²) in [6.07, 6.45) is 1.97. The molecule has 1 heterocycles. The molecule has 0 saturated heterocycles. The summed E-state index contributed by atoms with van der Waals surface area (Å²) in [5.74, 6) is 0.205. The van der Waals surface area contributed by atoms with Gasteiger partial charge in [-0.25, -0.2) is 4.39 Å². The van der Waals surface area contributed by atoms with Crippen molar-refractivity contribution in [2.24, 2.45) is 5.92 Å². The van der Waals surface area contributed by atoms with Crippen LogP contribution in [0.15, 0.2) is 24.4 Å². The molecule has 15 heavy (non-hydrogen) atoms. The van der Waals surface area contributed by atoms with E-state index >= 15 is 0 Å². The lowest BCUT2D eigenvalue weighted by Crippen LogP contribution is -2.02. The van der Waals surface area contributed by atoms with Crippen molar-refractivity contribution >= 4 is 22.5 Å². The Labute approximate surface area is 93.5 Å². The zero-order chi connectivity index (χ0) is 11.0. The zero-order valence-electron chi connectivity index (χ0n) is 8.80. The van der Waals surface area contributed by atoms with Gasteiger partial charge < -0.3 is 4.57 Å². The van der Waals surface area contributed by atoms with E-state index in [0.717, 1.165) is 17.4 Å². The number of benzene rings is 1. The van der Waals surface area contributed by atoms with Crippen LogP contribution < -0.4 is 0 Å². The molecule has 2 aromatic rings. The summed E-state index contributed by atoms with van der Waals surface area (Å²) < 4.78 is 15.3.